The highest BCUT2D eigenvalue weighted by molar-refractivity contribution is 5.69. The van der Waals surface area contributed by atoms with Gasteiger partial charge in [-0.15, -0.1) is 0 Å². The maximum Gasteiger partial charge on any atom is 0.167 e. The summed E-state index contributed by atoms with van der Waals surface area (Å²) in [5, 5.41) is 0. The molecule has 2 aromatic carbocycles. The minimum atomic E-state index is -0.429. The van der Waals surface area contributed by atoms with Crippen LogP contribution in [0, 0.1) is 12.7 Å². The normalized spacial score (nSPS) is 10.5. The average molecular weight is 288 g/mol. The van der Waals surface area contributed by atoms with E-state index in [1.165, 1.54) is 17.2 Å². The average Bonchev–Trinajstić information content (AvgIpc) is 2.41. The van der Waals surface area contributed by atoms with E-state index in [0.717, 1.165) is 5.69 Å². The molecular weight excluding hydrogens is 267 g/mol. The third-order valence-electron chi connectivity index (χ3n) is 3.29. The van der Waals surface area contributed by atoms with E-state index in [1.807, 2.05) is 24.9 Å². The maximum absolute atomic E-state index is 13.7. The molecular formula is C17H21FN2O. The summed E-state index contributed by atoms with van der Waals surface area (Å²) < 4.78 is 19.0. The smallest absolute Gasteiger partial charge is 0.167 e. The van der Waals surface area contributed by atoms with E-state index < -0.39 is 5.82 Å². The van der Waals surface area contributed by atoms with Crippen molar-refractivity contribution in [3.8, 4) is 5.75 Å². The Hall–Kier alpha value is -2.23. The van der Waals surface area contributed by atoms with Gasteiger partial charge in [0.05, 0.1) is 18.0 Å². The molecule has 3 nitrogen and oxygen atoms in total. The summed E-state index contributed by atoms with van der Waals surface area (Å²) in [6.45, 7) is 5.00. The van der Waals surface area contributed by atoms with Crippen molar-refractivity contribution in [3.63, 3.8) is 0 Å². The van der Waals surface area contributed by atoms with Crippen LogP contribution in [-0.2, 0) is 6.54 Å². The molecule has 0 aliphatic carbocycles. The summed E-state index contributed by atoms with van der Waals surface area (Å²) in [5.41, 5.74) is 9.50. The molecule has 4 heteroatoms. The van der Waals surface area contributed by atoms with Crippen molar-refractivity contribution >= 4 is 11.4 Å². The predicted octanol–water partition coefficient (Wildman–Crippen LogP) is 3.75. The second-order valence-electron chi connectivity index (χ2n) is 5.12. The number of aryl methyl sites for hydroxylation is 1. The van der Waals surface area contributed by atoms with E-state index in [4.69, 9.17) is 10.5 Å². The van der Waals surface area contributed by atoms with Crippen molar-refractivity contribution in [3.05, 3.63) is 53.3 Å². The first-order valence-corrected chi connectivity index (χ1v) is 6.99. The van der Waals surface area contributed by atoms with Crippen molar-refractivity contribution in [2.75, 3.05) is 24.3 Å². The minimum Gasteiger partial charge on any atom is -0.491 e. The van der Waals surface area contributed by atoms with E-state index in [9.17, 15) is 4.39 Å². The third kappa shape index (κ3) is 3.66. The Bertz CT molecular complexity index is 628. The molecule has 21 heavy (non-hydrogen) atoms. The highest BCUT2D eigenvalue weighted by Gasteiger charge is 2.12. The first-order chi connectivity index (χ1) is 10.0. The molecule has 112 valence electrons. The number of anilines is 2. The molecule has 0 atom stereocenters. The van der Waals surface area contributed by atoms with Crippen molar-refractivity contribution in [2.24, 2.45) is 0 Å². The molecule has 0 fully saturated rings. The lowest BCUT2D eigenvalue weighted by Crippen LogP contribution is -2.18. The summed E-state index contributed by atoms with van der Waals surface area (Å²) in [4.78, 5) is 1.99. The second kappa shape index (κ2) is 6.48. The predicted molar refractivity (Wildman–Crippen MR) is 85.3 cm³/mol. The molecule has 0 aliphatic heterocycles. The first kappa shape index (κ1) is 15.2. The van der Waals surface area contributed by atoms with E-state index in [-0.39, 0.29) is 5.75 Å². The first-order valence-electron chi connectivity index (χ1n) is 6.99. The van der Waals surface area contributed by atoms with Gasteiger partial charge in [0, 0.05) is 25.7 Å². The second-order valence-corrected chi connectivity index (χ2v) is 5.12. The van der Waals surface area contributed by atoms with Gasteiger partial charge in [-0.25, -0.2) is 4.39 Å². The van der Waals surface area contributed by atoms with Gasteiger partial charge in [-0.2, -0.15) is 0 Å². The molecule has 0 heterocycles. The van der Waals surface area contributed by atoms with Gasteiger partial charge >= 0.3 is 0 Å². The highest BCUT2D eigenvalue weighted by atomic mass is 19.1. The Morgan fingerprint density at radius 1 is 1.24 bits per heavy atom. The fourth-order valence-electron chi connectivity index (χ4n) is 2.32. The van der Waals surface area contributed by atoms with Crippen molar-refractivity contribution < 1.29 is 9.13 Å². The van der Waals surface area contributed by atoms with Gasteiger partial charge < -0.3 is 15.4 Å². The van der Waals surface area contributed by atoms with Crippen LogP contribution in [-0.4, -0.2) is 13.7 Å². The molecule has 0 aromatic heterocycles. The molecule has 2 aromatic rings. The van der Waals surface area contributed by atoms with E-state index >= 15 is 0 Å². The molecule has 0 amide bonds. The van der Waals surface area contributed by atoms with Gasteiger partial charge in [-0.1, -0.05) is 29.8 Å². The Morgan fingerprint density at radius 2 is 2.00 bits per heavy atom. The van der Waals surface area contributed by atoms with Crippen LogP contribution in [0.2, 0.25) is 0 Å². The van der Waals surface area contributed by atoms with Crippen LogP contribution in [0.4, 0.5) is 15.8 Å². The zero-order valence-electron chi connectivity index (χ0n) is 12.7. The lowest BCUT2D eigenvalue weighted by molar-refractivity contribution is 0.322. The number of ether oxygens (including phenoxy) is 1. The van der Waals surface area contributed by atoms with Gasteiger partial charge in [-0.05, 0) is 19.4 Å². The number of benzene rings is 2. The molecule has 0 saturated carbocycles. The fraction of sp³-hybridized carbons (Fsp3) is 0.294. The lowest BCUT2D eigenvalue weighted by Gasteiger charge is -2.22. The Balaban J connectivity index is 2.26. The van der Waals surface area contributed by atoms with Gasteiger partial charge in [0.25, 0.3) is 0 Å². The summed E-state index contributed by atoms with van der Waals surface area (Å²) >= 11 is 0. The number of hydrogen-bond acceptors (Lipinski definition) is 3. The van der Waals surface area contributed by atoms with Crippen LogP contribution in [0.25, 0.3) is 0 Å². The topological polar surface area (TPSA) is 38.5 Å². The van der Waals surface area contributed by atoms with Gasteiger partial charge in [0.2, 0.25) is 0 Å². The summed E-state index contributed by atoms with van der Waals surface area (Å²) in [7, 11) is 1.93. The Labute approximate surface area is 125 Å². The van der Waals surface area contributed by atoms with E-state index in [1.54, 1.807) is 6.07 Å². The van der Waals surface area contributed by atoms with Crippen molar-refractivity contribution in [1.82, 2.24) is 0 Å². The van der Waals surface area contributed by atoms with Crippen LogP contribution in [0.1, 0.15) is 18.1 Å². The summed E-state index contributed by atoms with van der Waals surface area (Å²) in [6, 6.07) is 11.2. The summed E-state index contributed by atoms with van der Waals surface area (Å²) in [5.74, 6) is -0.195. The van der Waals surface area contributed by atoms with Crippen LogP contribution in [0.3, 0.4) is 0 Å². The Morgan fingerprint density at radius 3 is 2.67 bits per heavy atom. The monoisotopic (exact) mass is 288 g/mol. The largest absolute Gasteiger partial charge is 0.491 e. The minimum absolute atomic E-state index is 0.234. The highest BCUT2D eigenvalue weighted by Crippen LogP contribution is 2.31. The zero-order chi connectivity index (χ0) is 15.4. The number of rotatable bonds is 5. The van der Waals surface area contributed by atoms with Gasteiger partial charge in [0.15, 0.2) is 11.6 Å². The number of nitrogens with two attached hydrogens (primary N) is 1. The number of nitrogen functional groups attached to an aromatic ring is 1. The molecule has 0 radical (unpaired) electrons. The van der Waals surface area contributed by atoms with Crippen LogP contribution >= 0.6 is 0 Å². The number of hydrogen-bond donors (Lipinski definition) is 1. The molecule has 0 unspecified atom stereocenters. The number of nitrogens with zero attached hydrogens (tertiary/aromatic N) is 1. The number of halogens is 1. The molecule has 0 saturated heterocycles. The van der Waals surface area contributed by atoms with E-state index in [0.29, 0.717) is 18.8 Å². The van der Waals surface area contributed by atoms with Gasteiger partial charge in [-0.3, -0.25) is 0 Å². The Kier molecular flexibility index (Phi) is 4.68. The zero-order valence-corrected chi connectivity index (χ0v) is 12.7. The van der Waals surface area contributed by atoms with Crippen molar-refractivity contribution in [1.29, 1.82) is 0 Å². The van der Waals surface area contributed by atoms with Crippen LogP contribution in [0.5, 0.6) is 5.75 Å². The van der Waals surface area contributed by atoms with Crippen molar-refractivity contribution in [2.45, 2.75) is 20.4 Å². The van der Waals surface area contributed by atoms with Crippen LogP contribution < -0.4 is 15.4 Å². The summed E-state index contributed by atoms with van der Waals surface area (Å²) in [6.07, 6.45) is 0. The molecule has 0 bridgehead atoms. The lowest BCUT2D eigenvalue weighted by atomic mass is 10.1. The quantitative estimate of drug-likeness (QED) is 0.852. The maximum atomic E-state index is 13.7. The standard InChI is InChI=1S/C17H21FN2O/c1-4-21-17-10-16(15(19)9-14(17)18)20(3)11-13-7-5-6-12(2)8-13/h5-10H,4,11,19H2,1-3H3. The SMILES string of the molecule is CCOc1cc(N(C)Cc2cccc(C)c2)c(N)cc1F. The van der Waals surface area contributed by atoms with Crippen LogP contribution in [0.15, 0.2) is 36.4 Å². The molecule has 2 rings (SSSR count). The molecule has 2 N–H and O–H groups in total. The molecule has 0 aliphatic rings. The van der Waals surface area contributed by atoms with Gasteiger partial charge in [0.1, 0.15) is 0 Å². The third-order valence-corrected chi connectivity index (χ3v) is 3.29. The molecule has 0 spiro atoms. The fourth-order valence-corrected chi connectivity index (χ4v) is 2.32. The van der Waals surface area contributed by atoms with E-state index in [2.05, 4.69) is 25.1 Å².